The second kappa shape index (κ2) is 4.91. The van der Waals surface area contributed by atoms with Crippen molar-refractivity contribution in [2.24, 2.45) is 7.05 Å². The molecule has 6 heteroatoms. The van der Waals surface area contributed by atoms with Crippen molar-refractivity contribution in [1.29, 1.82) is 0 Å². The van der Waals surface area contributed by atoms with Gasteiger partial charge in [-0.3, -0.25) is 0 Å². The van der Waals surface area contributed by atoms with Gasteiger partial charge >= 0.3 is 0 Å². The Balaban J connectivity index is 2.13. The second-order valence-electron chi connectivity index (χ2n) is 4.13. The van der Waals surface area contributed by atoms with E-state index in [9.17, 15) is 8.42 Å². The molecule has 0 spiro atoms. The number of nitrogens with zero attached hydrogens (tertiary/aromatic N) is 2. The van der Waals surface area contributed by atoms with Crippen molar-refractivity contribution in [2.45, 2.75) is 18.5 Å². The number of hydrogen-bond acceptors (Lipinski definition) is 3. The summed E-state index contributed by atoms with van der Waals surface area (Å²) in [7, 11) is -1.81. The number of sulfonamides is 1. The number of imidazole rings is 1. The quantitative estimate of drug-likeness (QED) is 0.903. The maximum atomic E-state index is 11.9. The van der Waals surface area contributed by atoms with Gasteiger partial charge in [0.2, 0.25) is 0 Å². The maximum Gasteiger partial charge on any atom is 0.259 e. The molecule has 0 fully saturated rings. The van der Waals surface area contributed by atoms with E-state index in [2.05, 4.69) is 9.71 Å². The van der Waals surface area contributed by atoms with Crippen LogP contribution in [0.1, 0.15) is 11.1 Å². The molecule has 0 aliphatic carbocycles. The van der Waals surface area contributed by atoms with Crippen LogP contribution in [0, 0.1) is 6.92 Å². The Hall–Kier alpha value is -1.66. The molecule has 0 saturated heterocycles. The summed E-state index contributed by atoms with van der Waals surface area (Å²) in [5.41, 5.74) is 2.01. The Bertz CT molecular complexity index is 647. The lowest BCUT2D eigenvalue weighted by Gasteiger charge is -2.06. The summed E-state index contributed by atoms with van der Waals surface area (Å²) in [6.45, 7) is 2.22. The van der Waals surface area contributed by atoms with Gasteiger partial charge < -0.3 is 4.57 Å². The minimum atomic E-state index is -3.54. The third-order valence-corrected chi connectivity index (χ3v) is 3.96. The molecule has 0 saturated carbocycles. The van der Waals surface area contributed by atoms with Gasteiger partial charge in [0.15, 0.2) is 5.03 Å². The lowest BCUT2D eigenvalue weighted by atomic mass is 10.1. The van der Waals surface area contributed by atoms with Gasteiger partial charge in [0.05, 0.1) is 6.33 Å². The fourth-order valence-electron chi connectivity index (χ4n) is 1.58. The minimum Gasteiger partial charge on any atom is -0.339 e. The summed E-state index contributed by atoms with van der Waals surface area (Å²) in [4.78, 5) is 3.83. The van der Waals surface area contributed by atoms with Crippen LogP contribution in [0.4, 0.5) is 0 Å². The van der Waals surface area contributed by atoms with E-state index in [1.54, 1.807) is 11.6 Å². The van der Waals surface area contributed by atoms with Crippen molar-refractivity contribution in [3.8, 4) is 0 Å². The minimum absolute atomic E-state index is 0.0404. The second-order valence-corrected chi connectivity index (χ2v) is 5.84. The van der Waals surface area contributed by atoms with Crippen LogP contribution in [0.25, 0.3) is 0 Å². The normalized spacial score (nSPS) is 11.7. The SMILES string of the molecule is Cc1ccccc1CNS(=O)(=O)c1cn(C)cn1. The summed E-state index contributed by atoms with van der Waals surface area (Å²) in [5, 5.41) is 0.0404. The Morgan fingerprint density at radius 1 is 1.33 bits per heavy atom. The molecule has 1 aromatic carbocycles. The smallest absolute Gasteiger partial charge is 0.259 e. The molecule has 96 valence electrons. The molecule has 0 amide bonds. The Morgan fingerprint density at radius 3 is 2.67 bits per heavy atom. The first kappa shape index (κ1) is 12.8. The van der Waals surface area contributed by atoms with Crippen LogP contribution in [0.3, 0.4) is 0 Å². The molecule has 0 unspecified atom stereocenters. The highest BCUT2D eigenvalue weighted by atomic mass is 32.2. The molecule has 0 aliphatic rings. The molecule has 1 heterocycles. The standard InChI is InChI=1S/C12H15N3O2S/c1-10-5-3-4-6-11(10)7-14-18(16,17)12-8-15(2)9-13-12/h3-6,8-9,14H,7H2,1-2H3. The zero-order chi connectivity index (χ0) is 13.2. The van der Waals surface area contributed by atoms with E-state index in [0.717, 1.165) is 11.1 Å². The van der Waals surface area contributed by atoms with E-state index in [-0.39, 0.29) is 11.6 Å². The lowest BCUT2D eigenvalue weighted by molar-refractivity contribution is 0.578. The number of nitrogens with one attached hydrogen (secondary N) is 1. The van der Waals surface area contributed by atoms with E-state index >= 15 is 0 Å². The van der Waals surface area contributed by atoms with E-state index in [1.807, 2.05) is 31.2 Å². The van der Waals surface area contributed by atoms with E-state index in [0.29, 0.717) is 0 Å². The van der Waals surface area contributed by atoms with Crippen LogP contribution >= 0.6 is 0 Å². The first-order chi connectivity index (χ1) is 8.49. The largest absolute Gasteiger partial charge is 0.339 e. The summed E-state index contributed by atoms with van der Waals surface area (Å²) in [6, 6.07) is 7.66. The first-order valence-electron chi connectivity index (χ1n) is 5.51. The Morgan fingerprint density at radius 2 is 2.06 bits per heavy atom. The van der Waals surface area contributed by atoms with Gasteiger partial charge in [-0.1, -0.05) is 24.3 Å². The first-order valence-corrected chi connectivity index (χ1v) is 6.99. The summed E-state index contributed by atoms with van der Waals surface area (Å²) in [5.74, 6) is 0. The highest BCUT2D eigenvalue weighted by molar-refractivity contribution is 7.89. The van der Waals surface area contributed by atoms with Gasteiger partial charge in [0.25, 0.3) is 10.0 Å². The number of aromatic nitrogens is 2. The highest BCUT2D eigenvalue weighted by Crippen LogP contribution is 2.09. The van der Waals surface area contributed by atoms with Gasteiger partial charge in [0, 0.05) is 19.8 Å². The lowest BCUT2D eigenvalue weighted by Crippen LogP contribution is -2.23. The van der Waals surface area contributed by atoms with Crippen molar-refractivity contribution in [3.63, 3.8) is 0 Å². The number of aryl methyl sites for hydroxylation is 2. The van der Waals surface area contributed by atoms with Gasteiger partial charge in [-0.05, 0) is 18.1 Å². The summed E-state index contributed by atoms with van der Waals surface area (Å²) in [6.07, 6.45) is 2.93. The van der Waals surface area contributed by atoms with Crippen molar-refractivity contribution in [3.05, 3.63) is 47.9 Å². The topological polar surface area (TPSA) is 64.0 Å². The monoisotopic (exact) mass is 265 g/mol. The molecule has 1 N–H and O–H groups in total. The predicted molar refractivity (Wildman–Crippen MR) is 68.4 cm³/mol. The Labute approximate surface area is 107 Å². The highest BCUT2D eigenvalue weighted by Gasteiger charge is 2.16. The molecule has 2 rings (SSSR count). The van der Waals surface area contributed by atoms with Crippen LogP contribution in [0.2, 0.25) is 0 Å². The number of hydrogen-bond donors (Lipinski definition) is 1. The van der Waals surface area contributed by atoms with Crippen LogP contribution in [0.5, 0.6) is 0 Å². The third kappa shape index (κ3) is 2.77. The number of rotatable bonds is 4. The zero-order valence-corrected chi connectivity index (χ0v) is 11.1. The van der Waals surface area contributed by atoms with Gasteiger partial charge in [-0.15, -0.1) is 0 Å². The summed E-state index contributed by atoms with van der Waals surface area (Å²) < 4.78 is 28.0. The van der Waals surface area contributed by atoms with Crippen molar-refractivity contribution < 1.29 is 8.42 Å². The molecular weight excluding hydrogens is 250 g/mol. The average molecular weight is 265 g/mol. The van der Waals surface area contributed by atoms with Gasteiger partial charge in [0.1, 0.15) is 0 Å². The fourth-order valence-corrected chi connectivity index (χ4v) is 2.57. The molecule has 0 radical (unpaired) electrons. The van der Waals surface area contributed by atoms with Crippen molar-refractivity contribution in [1.82, 2.24) is 14.3 Å². The molecular formula is C12H15N3O2S. The van der Waals surface area contributed by atoms with E-state index in [1.165, 1.54) is 12.5 Å². The maximum absolute atomic E-state index is 11.9. The van der Waals surface area contributed by atoms with E-state index in [4.69, 9.17) is 0 Å². The van der Waals surface area contributed by atoms with Gasteiger partial charge in [-0.2, -0.15) is 0 Å². The molecule has 0 atom stereocenters. The average Bonchev–Trinajstić information content (AvgIpc) is 2.76. The number of benzene rings is 1. The molecule has 0 bridgehead atoms. The van der Waals surface area contributed by atoms with Crippen molar-refractivity contribution >= 4 is 10.0 Å². The predicted octanol–water partition coefficient (Wildman–Crippen LogP) is 1.21. The Kier molecular flexibility index (Phi) is 3.49. The van der Waals surface area contributed by atoms with Gasteiger partial charge in [-0.25, -0.2) is 18.1 Å². The zero-order valence-electron chi connectivity index (χ0n) is 10.3. The van der Waals surface area contributed by atoms with Crippen LogP contribution < -0.4 is 4.72 Å². The summed E-state index contributed by atoms with van der Waals surface area (Å²) >= 11 is 0. The fraction of sp³-hybridized carbons (Fsp3) is 0.250. The van der Waals surface area contributed by atoms with E-state index < -0.39 is 10.0 Å². The van der Waals surface area contributed by atoms with Crippen LogP contribution in [-0.4, -0.2) is 18.0 Å². The molecule has 0 aliphatic heterocycles. The third-order valence-electron chi connectivity index (χ3n) is 2.67. The molecule has 1 aromatic heterocycles. The molecule has 2 aromatic rings. The van der Waals surface area contributed by atoms with Crippen LogP contribution in [0.15, 0.2) is 41.8 Å². The molecule has 18 heavy (non-hydrogen) atoms. The van der Waals surface area contributed by atoms with Crippen molar-refractivity contribution in [2.75, 3.05) is 0 Å². The molecule has 5 nitrogen and oxygen atoms in total. The van der Waals surface area contributed by atoms with Crippen LogP contribution in [-0.2, 0) is 23.6 Å².